The first-order valence-electron chi connectivity index (χ1n) is 27.6. The molecule has 79 heavy (non-hydrogen) atoms. The number of hydrogen-bond acceptors (Lipinski definition) is 18. The molecule has 3 saturated heterocycles. The SMILES string of the molecule is CC[C@@H]1OC(=O)[C@H](C)[C@H](O[C@H]2C[C@@](C)(OC)[C@@H](OC(=O)NCc3cn(Cc4ccccc4Cl)nn3)[C@H](C)O2)[C@H](C)[C@@H](O[C@@H]2O[C@H](C)C[C@H](N(C)C)[C@H]2O)[C@](C)(O)C[C@@H](C)CN(C)[C@@H](C)[C@H](OC(=O)NCc2ccccc2)[C@]1(C)O. The van der Waals surface area contributed by atoms with Crippen molar-refractivity contribution in [2.24, 2.45) is 17.8 Å². The van der Waals surface area contributed by atoms with Crippen molar-refractivity contribution >= 4 is 29.8 Å². The minimum atomic E-state index is -1.95. The number of likely N-dealkylation sites (N-methyl/N-ethyl adjacent to an activating group) is 2. The van der Waals surface area contributed by atoms with Crippen LogP contribution in [-0.2, 0) is 62.3 Å². The molecule has 2 aromatic carbocycles. The maximum Gasteiger partial charge on any atom is 0.407 e. The van der Waals surface area contributed by atoms with Crippen molar-refractivity contribution in [2.75, 3.05) is 34.8 Å². The molecule has 3 aliphatic heterocycles. The Bertz CT molecular complexity index is 2440. The van der Waals surface area contributed by atoms with E-state index in [0.29, 0.717) is 30.2 Å². The number of carbonyl (C=O) groups is 3. The van der Waals surface area contributed by atoms with Crippen LogP contribution in [0.2, 0.25) is 5.02 Å². The van der Waals surface area contributed by atoms with Crippen LogP contribution in [-0.4, -0.2) is 183 Å². The lowest BCUT2D eigenvalue weighted by molar-refractivity contribution is -0.317. The van der Waals surface area contributed by atoms with Crippen molar-refractivity contribution in [2.45, 2.75) is 205 Å². The average Bonchev–Trinajstić information content (AvgIpc) is 3.96. The van der Waals surface area contributed by atoms with Gasteiger partial charge in [0.2, 0.25) is 0 Å². The Hall–Kier alpha value is -4.52. The van der Waals surface area contributed by atoms with Gasteiger partial charge in [-0.25, -0.2) is 14.3 Å². The average molecular weight is 1130 g/mol. The van der Waals surface area contributed by atoms with Crippen LogP contribution in [0.4, 0.5) is 9.59 Å². The number of benzene rings is 2. The highest BCUT2D eigenvalue weighted by atomic mass is 35.5. The zero-order valence-corrected chi connectivity index (χ0v) is 49.3. The van der Waals surface area contributed by atoms with Crippen LogP contribution in [0.15, 0.2) is 60.8 Å². The van der Waals surface area contributed by atoms with Gasteiger partial charge in [0.25, 0.3) is 0 Å². The summed E-state index contributed by atoms with van der Waals surface area (Å²) in [6.07, 6.45) is -9.37. The van der Waals surface area contributed by atoms with E-state index in [4.69, 9.17) is 49.5 Å². The van der Waals surface area contributed by atoms with Gasteiger partial charge in [-0.3, -0.25) is 9.69 Å². The zero-order chi connectivity index (χ0) is 58.1. The second kappa shape index (κ2) is 27.5. The van der Waals surface area contributed by atoms with E-state index in [-0.39, 0.29) is 50.4 Å². The van der Waals surface area contributed by atoms with Gasteiger partial charge >= 0.3 is 18.2 Å². The Labute approximate surface area is 471 Å². The van der Waals surface area contributed by atoms with E-state index in [2.05, 4.69) is 20.9 Å². The van der Waals surface area contributed by atoms with E-state index in [1.807, 2.05) is 100 Å². The molecule has 0 bridgehead atoms. The molecule has 3 aliphatic rings. The predicted octanol–water partition coefficient (Wildman–Crippen LogP) is 6.06. The maximum atomic E-state index is 15.0. The minimum Gasteiger partial charge on any atom is -0.459 e. The largest absolute Gasteiger partial charge is 0.459 e. The van der Waals surface area contributed by atoms with Crippen LogP contribution >= 0.6 is 11.6 Å². The van der Waals surface area contributed by atoms with E-state index < -0.39 is 108 Å². The third-order valence-electron chi connectivity index (χ3n) is 16.2. The molecule has 0 radical (unpaired) electrons. The number of halogens is 1. The molecule has 1 aromatic heterocycles. The molecule has 2 amide bonds. The third-order valence-corrected chi connectivity index (χ3v) is 16.5. The Kier molecular flexibility index (Phi) is 22.2. The van der Waals surface area contributed by atoms with Crippen molar-refractivity contribution in [3.05, 3.63) is 82.6 Å². The third kappa shape index (κ3) is 16.1. The molecule has 5 N–H and O–H groups in total. The van der Waals surface area contributed by atoms with E-state index in [9.17, 15) is 29.7 Å². The van der Waals surface area contributed by atoms with Crippen LogP contribution < -0.4 is 10.6 Å². The maximum absolute atomic E-state index is 15.0. The Morgan fingerprint density at radius 1 is 0.886 bits per heavy atom. The van der Waals surface area contributed by atoms with Crippen LogP contribution in [0.25, 0.3) is 0 Å². The monoisotopic (exact) mass is 1130 g/mol. The van der Waals surface area contributed by atoms with Crippen molar-refractivity contribution in [1.82, 2.24) is 35.4 Å². The summed E-state index contributed by atoms with van der Waals surface area (Å²) in [5.74, 6) is -3.07. The summed E-state index contributed by atoms with van der Waals surface area (Å²) in [7, 11) is 7.07. The van der Waals surface area contributed by atoms with Gasteiger partial charge in [0.15, 0.2) is 24.8 Å². The number of nitrogens with zero attached hydrogens (tertiary/aromatic N) is 5. The number of amides is 2. The number of aromatic nitrogens is 3. The quantitative estimate of drug-likeness (QED) is 0.0857. The van der Waals surface area contributed by atoms with Crippen LogP contribution in [0.3, 0.4) is 0 Å². The van der Waals surface area contributed by atoms with Crippen LogP contribution in [0.1, 0.15) is 112 Å². The predicted molar refractivity (Wildman–Crippen MR) is 293 cm³/mol. The van der Waals surface area contributed by atoms with Gasteiger partial charge in [-0.15, -0.1) is 5.10 Å². The number of cyclic esters (lactones) is 1. The van der Waals surface area contributed by atoms with Crippen molar-refractivity contribution in [3.8, 4) is 0 Å². The number of carbonyl (C=O) groups excluding carboxylic acids is 3. The fourth-order valence-electron chi connectivity index (χ4n) is 11.7. The normalized spacial score (nSPS) is 36.3. The molecule has 22 heteroatoms. The first-order chi connectivity index (χ1) is 37.2. The molecular weight excluding hydrogens is 1040 g/mol. The number of esters is 1. The van der Waals surface area contributed by atoms with Crippen molar-refractivity contribution in [1.29, 1.82) is 0 Å². The fourth-order valence-corrected chi connectivity index (χ4v) is 11.9. The molecule has 0 saturated carbocycles. The van der Waals surface area contributed by atoms with Crippen LogP contribution in [0, 0.1) is 17.8 Å². The van der Waals surface area contributed by atoms with Gasteiger partial charge in [0.05, 0.1) is 55.2 Å². The lowest BCUT2D eigenvalue weighted by Gasteiger charge is -2.49. The summed E-state index contributed by atoms with van der Waals surface area (Å²) in [6.45, 7) is 18.5. The zero-order valence-electron chi connectivity index (χ0n) is 48.5. The first kappa shape index (κ1) is 63.7. The second-order valence-electron chi connectivity index (χ2n) is 23.1. The topological polar surface area (TPSA) is 247 Å². The highest BCUT2D eigenvalue weighted by molar-refractivity contribution is 6.31. The van der Waals surface area contributed by atoms with E-state index in [1.165, 1.54) is 14.0 Å². The lowest BCUT2D eigenvalue weighted by atomic mass is 9.77. The van der Waals surface area contributed by atoms with Gasteiger partial charge in [-0.1, -0.05) is 86.1 Å². The van der Waals surface area contributed by atoms with Gasteiger partial charge in [0.1, 0.15) is 29.1 Å². The number of rotatable bonds is 15. The number of aliphatic hydroxyl groups is 3. The van der Waals surface area contributed by atoms with E-state index in [1.54, 1.807) is 58.5 Å². The first-order valence-corrected chi connectivity index (χ1v) is 28.0. The highest BCUT2D eigenvalue weighted by Gasteiger charge is 2.54. The van der Waals surface area contributed by atoms with Gasteiger partial charge in [0, 0.05) is 49.6 Å². The summed E-state index contributed by atoms with van der Waals surface area (Å²) in [4.78, 5) is 46.0. The highest BCUT2D eigenvalue weighted by Crippen LogP contribution is 2.41. The number of nitrogens with one attached hydrogen (secondary N) is 2. The Morgan fingerprint density at radius 2 is 1.53 bits per heavy atom. The lowest BCUT2D eigenvalue weighted by Crippen LogP contribution is -2.61. The van der Waals surface area contributed by atoms with Gasteiger partial charge in [-0.2, -0.15) is 0 Å². The number of hydrogen-bond donors (Lipinski definition) is 5. The molecule has 3 aromatic rings. The summed E-state index contributed by atoms with van der Waals surface area (Å²) in [5.41, 5.74) is -2.66. The summed E-state index contributed by atoms with van der Waals surface area (Å²) >= 11 is 6.35. The molecule has 0 spiro atoms. The number of methoxy groups -OCH3 is 1. The number of aliphatic hydroxyl groups excluding tert-OH is 1. The number of alkyl carbamates (subject to hydrolysis) is 2. The Morgan fingerprint density at radius 3 is 2.18 bits per heavy atom. The molecule has 0 aliphatic carbocycles. The second-order valence-corrected chi connectivity index (χ2v) is 23.5. The molecule has 18 atom stereocenters. The standard InChI is InChI=1S/C57H88ClN7O14/c1-15-44-57(10,71)49(78-53(68)59-28-39-21-17-16-18-22-39)37(6)64(13)30-33(2)26-55(8,70)48(77-52-46(66)43(63(11)12)25-34(3)73-52)35(4)47(36(5)51(67)75-44)76-45-27-56(9,72-14)50(38(7)74-45)79-54(69)60-29-41-32-65(62-61-41)31-40-23-19-20-24-42(40)58/h16-24,32-38,43-50,52,66,70-71H,15,25-31H2,1-14H3,(H,59,68)(H,60,69)/t33-,34-,35+,36-,37+,38+,43+,44+,45+,46-,47-,48-,49+,50+,52+,55-,56-,57-/m1/s1. The molecule has 442 valence electrons. The van der Waals surface area contributed by atoms with Crippen molar-refractivity contribution in [3.63, 3.8) is 0 Å². The summed E-state index contributed by atoms with van der Waals surface area (Å²) in [6, 6.07) is 15.8. The molecule has 4 heterocycles. The molecule has 0 unspecified atom stereocenters. The number of ether oxygens (including phenoxy) is 8. The van der Waals surface area contributed by atoms with Gasteiger partial charge < -0.3 is 68.7 Å². The smallest absolute Gasteiger partial charge is 0.407 e. The summed E-state index contributed by atoms with van der Waals surface area (Å²) in [5, 5.41) is 52.0. The van der Waals surface area contributed by atoms with Crippen molar-refractivity contribution < 1.29 is 67.6 Å². The molecule has 3 fully saturated rings. The minimum absolute atomic E-state index is 0.000447. The van der Waals surface area contributed by atoms with Gasteiger partial charge in [-0.05, 0) is 112 Å². The van der Waals surface area contributed by atoms with Crippen LogP contribution in [0.5, 0.6) is 0 Å². The molecular formula is C57H88ClN7O14. The van der Waals surface area contributed by atoms with E-state index >= 15 is 0 Å². The molecule has 21 nitrogen and oxygen atoms in total. The molecule has 6 rings (SSSR count). The Balaban J connectivity index is 1.30. The fraction of sp³-hybridized carbons (Fsp3) is 0.702. The van der Waals surface area contributed by atoms with E-state index in [0.717, 1.165) is 11.1 Å². The summed E-state index contributed by atoms with van der Waals surface area (Å²) < 4.78 is 53.0.